The van der Waals surface area contributed by atoms with Gasteiger partial charge in [0.1, 0.15) is 24.0 Å². The molecule has 1 amide bonds. The summed E-state index contributed by atoms with van der Waals surface area (Å²) in [7, 11) is 2.10. The van der Waals surface area contributed by atoms with E-state index in [1.165, 1.54) is 6.42 Å². The first kappa shape index (κ1) is 23.1. The van der Waals surface area contributed by atoms with Gasteiger partial charge in [-0.3, -0.25) is 4.79 Å². The highest BCUT2D eigenvalue weighted by Gasteiger charge is 2.33. The summed E-state index contributed by atoms with van der Waals surface area (Å²) >= 11 is 0. The molecule has 2 aromatic heterocycles. The summed E-state index contributed by atoms with van der Waals surface area (Å²) in [6.45, 7) is 7.67. The minimum absolute atomic E-state index is 0.0158. The number of hydrogen-bond acceptors (Lipinski definition) is 7. The molecule has 6 rings (SSSR count). The van der Waals surface area contributed by atoms with Crippen molar-refractivity contribution in [3.63, 3.8) is 0 Å². The molecule has 2 bridgehead atoms. The molecule has 1 N–H and O–H groups in total. The van der Waals surface area contributed by atoms with E-state index in [9.17, 15) is 4.79 Å². The van der Waals surface area contributed by atoms with Crippen LogP contribution in [-0.4, -0.2) is 78.3 Å². The van der Waals surface area contributed by atoms with Gasteiger partial charge in [0, 0.05) is 58.4 Å². The number of aromatic nitrogens is 3. The minimum Gasteiger partial charge on any atom is -0.491 e. The van der Waals surface area contributed by atoms with Gasteiger partial charge < -0.3 is 24.8 Å². The normalized spacial score (nSPS) is 21.2. The van der Waals surface area contributed by atoms with E-state index in [4.69, 9.17) is 14.8 Å². The molecule has 3 aliphatic heterocycles. The van der Waals surface area contributed by atoms with Gasteiger partial charge in [-0.25, -0.2) is 4.98 Å². The Bertz CT molecular complexity index is 1270. The number of carbonyl (C=O) groups is 1. The van der Waals surface area contributed by atoms with Gasteiger partial charge in [-0.15, -0.1) is 0 Å². The van der Waals surface area contributed by atoms with Crippen LogP contribution >= 0.6 is 0 Å². The Hall–Kier alpha value is -3.33. The van der Waals surface area contributed by atoms with Crippen LogP contribution in [0, 0.1) is 6.92 Å². The van der Waals surface area contributed by atoms with Gasteiger partial charge >= 0.3 is 0 Å². The van der Waals surface area contributed by atoms with Crippen molar-refractivity contribution in [1.29, 1.82) is 0 Å². The maximum Gasteiger partial charge on any atom is 0.258 e. The number of likely N-dealkylation sites (N-methyl/N-ethyl adjacent to an activating group) is 1. The average molecular weight is 490 g/mol. The van der Waals surface area contributed by atoms with Gasteiger partial charge in [-0.05, 0) is 44.7 Å². The number of hydrogen-bond donors (Lipinski definition) is 1. The van der Waals surface area contributed by atoms with Crippen molar-refractivity contribution in [2.24, 2.45) is 0 Å². The highest BCUT2D eigenvalue weighted by atomic mass is 16.5. The maximum atomic E-state index is 13.9. The molecule has 5 heterocycles. The van der Waals surface area contributed by atoms with E-state index in [1.807, 2.05) is 34.5 Å². The van der Waals surface area contributed by atoms with Gasteiger partial charge in [0.2, 0.25) is 0 Å². The first-order valence-electron chi connectivity index (χ1n) is 13.2. The predicted molar refractivity (Wildman–Crippen MR) is 140 cm³/mol. The lowest BCUT2D eigenvalue weighted by atomic mass is 9.97. The van der Waals surface area contributed by atoms with Crippen molar-refractivity contribution in [1.82, 2.24) is 24.8 Å². The van der Waals surface area contributed by atoms with E-state index in [0.29, 0.717) is 31.0 Å². The van der Waals surface area contributed by atoms with Crippen LogP contribution in [0.15, 0.2) is 30.3 Å². The first-order valence-corrected chi connectivity index (χ1v) is 13.2. The lowest BCUT2D eigenvalue weighted by Crippen LogP contribution is -2.39. The fraction of sp³-hybridized carbons (Fsp3) is 0.519. The number of benzene rings is 1. The molecule has 2 saturated heterocycles. The number of aryl methyl sites for hydroxylation is 1. The van der Waals surface area contributed by atoms with Gasteiger partial charge in [0.15, 0.2) is 5.65 Å². The SMILES string of the molecule is Cc1ccc2c(c1)C(=O)N1CCCCC1c1cc3nc(N4CCC4)cc(n3n1)N(C)CCNCCO2. The van der Waals surface area contributed by atoms with Crippen LogP contribution in [0.4, 0.5) is 11.6 Å². The summed E-state index contributed by atoms with van der Waals surface area (Å²) in [4.78, 5) is 25.5. The molecule has 3 aromatic rings. The Morgan fingerprint density at radius 1 is 1.03 bits per heavy atom. The number of carbonyl (C=O) groups excluding carboxylic acids is 1. The third kappa shape index (κ3) is 4.25. The van der Waals surface area contributed by atoms with Gasteiger partial charge in [0.05, 0.1) is 17.3 Å². The Balaban J connectivity index is 1.45. The number of piperidine rings is 1. The molecule has 190 valence electrons. The Morgan fingerprint density at radius 3 is 2.75 bits per heavy atom. The van der Waals surface area contributed by atoms with E-state index in [-0.39, 0.29) is 11.9 Å². The van der Waals surface area contributed by atoms with E-state index in [1.54, 1.807) is 0 Å². The van der Waals surface area contributed by atoms with Crippen molar-refractivity contribution >= 4 is 23.2 Å². The lowest BCUT2D eigenvalue weighted by Gasteiger charge is -2.35. The standard InChI is InChI=1S/C27H35N7O2/c1-19-7-8-23-20(16-19)27(35)33-13-4-3-6-22(33)21-17-25-29-24(32-11-5-12-32)18-26(34(25)30-21)31(2)14-9-28-10-15-36-23/h7-8,16-18,22,28H,3-6,9-15H2,1-2H3. The second kappa shape index (κ2) is 9.61. The van der Waals surface area contributed by atoms with Crippen LogP contribution in [0.1, 0.15) is 53.3 Å². The largest absolute Gasteiger partial charge is 0.491 e. The molecule has 36 heavy (non-hydrogen) atoms. The Kier molecular flexibility index (Phi) is 6.17. The second-order valence-electron chi connectivity index (χ2n) is 10.2. The molecule has 1 unspecified atom stereocenters. The van der Waals surface area contributed by atoms with Crippen LogP contribution < -0.4 is 19.9 Å². The molecule has 2 fully saturated rings. The quantitative estimate of drug-likeness (QED) is 0.563. The molecular formula is C27H35N7O2. The number of amides is 1. The van der Waals surface area contributed by atoms with Gasteiger partial charge in [0.25, 0.3) is 5.91 Å². The van der Waals surface area contributed by atoms with E-state index < -0.39 is 0 Å². The highest BCUT2D eigenvalue weighted by Crippen LogP contribution is 2.35. The fourth-order valence-corrected chi connectivity index (χ4v) is 5.40. The zero-order valence-electron chi connectivity index (χ0n) is 21.2. The number of fused-ring (bicyclic) bond motifs is 4. The summed E-state index contributed by atoms with van der Waals surface area (Å²) in [5, 5.41) is 8.53. The number of ether oxygens (including phenoxy) is 1. The summed E-state index contributed by atoms with van der Waals surface area (Å²) in [5.74, 6) is 2.69. The zero-order chi connectivity index (χ0) is 24.6. The van der Waals surface area contributed by atoms with Gasteiger partial charge in [-0.2, -0.15) is 9.61 Å². The van der Waals surface area contributed by atoms with E-state index >= 15 is 0 Å². The molecule has 3 aliphatic rings. The molecule has 0 spiro atoms. The Morgan fingerprint density at radius 2 is 1.92 bits per heavy atom. The monoisotopic (exact) mass is 489 g/mol. The molecular weight excluding hydrogens is 454 g/mol. The van der Waals surface area contributed by atoms with Crippen molar-refractivity contribution in [2.75, 3.05) is 62.7 Å². The number of nitrogens with zero attached hydrogens (tertiary/aromatic N) is 6. The molecule has 0 radical (unpaired) electrons. The molecule has 9 nitrogen and oxygen atoms in total. The Labute approximate surface area is 212 Å². The zero-order valence-corrected chi connectivity index (χ0v) is 21.2. The van der Waals surface area contributed by atoms with E-state index in [0.717, 1.165) is 74.0 Å². The summed E-state index contributed by atoms with van der Waals surface area (Å²) in [5.41, 5.74) is 3.43. The van der Waals surface area contributed by atoms with Crippen LogP contribution in [0.2, 0.25) is 0 Å². The van der Waals surface area contributed by atoms with Crippen LogP contribution in [-0.2, 0) is 0 Å². The summed E-state index contributed by atoms with van der Waals surface area (Å²) < 4.78 is 8.06. The molecule has 1 atom stereocenters. The average Bonchev–Trinajstić information content (AvgIpc) is 3.28. The third-order valence-electron chi connectivity index (χ3n) is 7.62. The van der Waals surface area contributed by atoms with Crippen LogP contribution in [0.25, 0.3) is 5.65 Å². The van der Waals surface area contributed by atoms with Crippen molar-refractivity contribution in [2.45, 2.75) is 38.6 Å². The van der Waals surface area contributed by atoms with Crippen molar-refractivity contribution in [3.8, 4) is 5.75 Å². The number of rotatable bonds is 1. The summed E-state index contributed by atoms with van der Waals surface area (Å²) in [6.07, 6.45) is 4.16. The fourth-order valence-electron chi connectivity index (χ4n) is 5.40. The van der Waals surface area contributed by atoms with E-state index in [2.05, 4.69) is 34.3 Å². The lowest BCUT2D eigenvalue weighted by molar-refractivity contribution is 0.0601. The third-order valence-corrected chi connectivity index (χ3v) is 7.62. The number of nitrogens with one attached hydrogen (secondary N) is 1. The van der Waals surface area contributed by atoms with Crippen molar-refractivity contribution in [3.05, 3.63) is 47.2 Å². The second-order valence-corrected chi connectivity index (χ2v) is 10.2. The smallest absolute Gasteiger partial charge is 0.258 e. The summed E-state index contributed by atoms with van der Waals surface area (Å²) in [6, 6.07) is 10.0. The van der Waals surface area contributed by atoms with Crippen LogP contribution in [0.3, 0.4) is 0 Å². The minimum atomic E-state index is -0.0819. The molecule has 1 aromatic carbocycles. The van der Waals surface area contributed by atoms with Gasteiger partial charge in [-0.1, -0.05) is 11.6 Å². The van der Waals surface area contributed by atoms with Crippen molar-refractivity contribution < 1.29 is 9.53 Å². The number of anilines is 2. The molecule has 0 saturated carbocycles. The maximum absolute atomic E-state index is 13.9. The molecule has 9 heteroatoms. The van der Waals surface area contributed by atoms with Crippen LogP contribution in [0.5, 0.6) is 5.75 Å². The highest BCUT2D eigenvalue weighted by molar-refractivity contribution is 5.97. The molecule has 0 aliphatic carbocycles. The predicted octanol–water partition coefficient (Wildman–Crippen LogP) is 3.03. The topological polar surface area (TPSA) is 78.2 Å². The first-order chi connectivity index (χ1) is 17.6.